The molecule has 1 rings (SSSR count). The van der Waals surface area contributed by atoms with Gasteiger partial charge in [0.25, 0.3) is 0 Å². The highest BCUT2D eigenvalue weighted by molar-refractivity contribution is 4.95. The summed E-state index contributed by atoms with van der Waals surface area (Å²) in [4.78, 5) is 0. The molecule has 0 aromatic heterocycles. The average Bonchev–Trinajstić information content (AvgIpc) is 2.05. The lowest BCUT2D eigenvalue weighted by Gasteiger charge is -2.20. The van der Waals surface area contributed by atoms with Gasteiger partial charge in [-0.15, -0.1) is 0 Å². The normalized spacial score (nSPS) is 28.6. The molecular formula is C6H8F2O2. The SMILES string of the molecule is F/C=C(/F)C1COCCO1. The molecule has 10 heavy (non-hydrogen) atoms. The molecule has 4 heteroatoms. The number of hydrogen-bond donors (Lipinski definition) is 0. The van der Waals surface area contributed by atoms with Gasteiger partial charge in [0.15, 0.2) is 5.83 Å². The first-order valence-electron chi connectivity index (χ1n) is 2.99. The molecule has 0 aliphatic carbocycles. The third-order valence-corrected chi connectivity index (χ3v) is 1.23. The fraction of sp³-hybridized carbons (Fsp3) is 0.667. The average molecular weight is 150 g/mol. The molecule has 1 aliphatic heterocycles. The first-order chi connectivity index (χ1) is 4.84. The van der Waals surface area contributed by atoms with Crippen molar-refractivity contribution in [1.82, 2.24) is 0 Å². The molecular weight excluding hydrogens is 142 g/mol. The maximum Gasteiger partial charge on any atom is 0.159 e. The zero-order valence-corrected chi connectivity index (χ0v) is 5.35. The van der Waals surface area contributed by atoms with Gasteiger partial charge in [-0.3, -0.25) is 0 Å². The Bertz CT molecular complexity index is 130. The van der Waals surface area contributed by atoms with Crippen molar-refractivity contribution >= 4 is 0 Å². The molecule has 58 valence electrons. The fourth-order valence-electron chi connectivity index (χ4n) is 0.717. The summed E-state index contributed by atoms with van der Waals surface area (Å²) in [7, 11) is 0. The second kappa shape index (κ2) is 3.63. The predicted octanol–water partition coefficient (Wildman–Crippen LogP) is 1.18. The first kappa shape index (κ1) is 7.63. The van der Waals surface area contributed by atoms with E-state index in [0.717, 1.165) is 0 Å². The minimum absolute atomic E-state index is 0.0979. The third kappa shape index (κ3) is 1.75. The summed E-state index contributed by atoms with van der Waals surface area (Å²) >= 11 is 0. The van der Waals surface area contributed by atoms with E-state index in [1.54, 1.807) is 0 Å². The molecule has 0 bridgehead atoms. The van der Waals surface area contributed by atoms with Crippen molar-refractivity contribution in [3.8, 4) is 0 Å². The van der Waals surface area contributed by atoms with Crippen LogP contribution in [0.1, 0.15) is 0 Å². The van der Waals surface area contributed by atoms with E-state index in [9.17, 15) is 8.78 Å². The molecule has 1 heterocycles. The molecule has 0 amide bonds. The van der Waals surface area contributed by atoms with Crippen LogP contribution in [-0.2, 0) is 9.47 Å². The minimum atomic E-state index is -0.903. The van der Waals surface area contributed by atoms with Gasteiger partial charge in [-0.05, 0) is 0 Å². The first-order valence-corrected chi connectivity index (χ1v) is 2.99. The van der Waals surface area contributed by atoms with Crippen LogP contribution in [0.5, 0.6) is 0 Å². The Hall–Kier alpha value is -0.480. The lowest BCUT2D eigenvalue weighted by molar-refractivity contribution is -0.0799. The summed E-state index contributed by atoms with van der Waals surface area (Å²) in [6.45, 7) is 0.883. The van der Waals surface area contributed by atoms with Crippen LogP contribution in [-0.4, -0.2) is 25.9 Å². The molecule has 0 saturated carbocycles. The van der Waals surface area contributed by atoms with Crippen molar-refractivity contribution < 1.29 is 18.3 Å². The van der Waals surface area contributed by atoms with E-state index in [1.807, 2.05) is 0 Å². The van der Waals surface area contributed by atoms with E-state index in [2.05, 4.69) is 0 Å². The van der Waals surface area contributed by atoms with Crippen molar-refractivity contribution in [2.45, 2.75) is 6.10 Å². The topological polar surface area (TPSA) is 18.5 Å². The summed E-state index contributed by atoms with van der Waals surface area (Å²) in [6.07, 6.45) is -0.932. The van der Waals surface area contributed by atoms with Crippen LogP contribution >= 0.6 is 0 Å². The van der Waals surface area contributed by atoms with Gasteiger partial charge in [-0.1, -0.05) is 0 Å². The van der Waals surface area contributed by atoms with Crippen molar-refractivity contribution in [2.24, 2.45) is 0 Å². The molecule has 0 N–H and O–H groups in total. The van der Waals surface area contributed by atoms with Gasteiger partial charge >= 0.3 is 0 Å². The molecule has 0 aromatic carbocycles. The maximum absolute atomic E-state index is 12.3. The van der Waals surface area contributed by atoms with Gasteiger partial charge in [0, 0.05) is 0 Å². The molecule has 1 aliphatic rings. The van der Waals surface area contributed by atoms with Gasteiger partial charge in [-0.25, -0.2) is 8.78 Å². The third-order valence-electron chi connectivity index (χ3n) is 1.23. The summed E-state index contributed by atoms with van der Waals surface area (Å²) in [5.41, 5.74) is 0. The Morgan fingerprint density at radius 3 is 2.80 bits per heavy atom. The summed E-state index contributed by atoms with van der Waals surface area (Å²) in [5.74, 6) is -0.903. The Morgan fingerprint density at radius 2 is 2.30 bits per heavy atom. The highest BCUT2D eigenvalue weighted by Crippen LogP contribution is 2.12. The molecule has 1 saturated heterocycles. The van der Waals surface area contributed by atoms with E-state index in [1.165, 1.54) is 0 Å². The van der Waals surface area contributed by atoms with Gasteiger partial charge < -0.3 is 9.47 Å². The Kier molecular flexibility index (Phi) is 2.77. The van der Waals surface area contributed by atoms with Gasteiger partial charge in [0.05, 0.1) is 19.8 Å². The molecule has 0 radical (unpaired) electrons. The van der Waals surface area contributed by atoms with Crippen LogP contribution < -0.4 is 0 Å². The number of rotatable bonds is 1. The summed E-state index contributed by atoms with van der Waals surface area (Å²) < 4.78 is 33.5. The summed E-state index contributed by atoms with van der Waals surface area (Å²) in [5, 5.41) is 0. The van der Waals surface area contributed by atoms with Crippen LogP contribution in [0, 0.1) is 0 Å². The largest absolute Gasteiger partial charge is 0.376 e. The van der Waals surface area contributed by atoms with Gasteiger partial charge in [-0.2, -0.15) is 0 Å². The predicted molar refractivity (Wildman–Crippen MR) is 30.9 cm³/mol. The molecule has 1 fully saturated rings. The van der Waals surface area contributed by atoms with Crippen molar-refractivity contribution in [3.63, 3.8) is 0 Å². The molecule has 1 unspecified atom stereocenters. The van der Waals surface area contributed by atoms with E-state index < -0.39 is 11.9 Å². The highest BCUT2D eigenvalue weighted by atomic mass is 19.2. The number of halogens is 2. The number of hydrogen-bond acceptors (Lipinski definition) is 2. The van der Waals surface area contributed by atoms with Gasteiger partial charge in [0.1, 0.15) is 12.4 Å². The van der Waals surface area contributed by atoms with E-state index in [0.29, 0.717) is 13.2 Å². The fourth-order valence-corrected chi connectivity index (χ4v) is 0.717. The minimum Gasteiger partial charge on any atom is -0.376 e. The van der Waals surface area contributed by atoms with Crippen LogP contribution in [0.15, 0.2) is 12.2 Å². The van der Waals surface area contributed by atoms with E-state index in [-0.39, 0.29) is 12.9 Å². The smallest absolute Gasteiger partial charge is 0.159 e. The Labute approximate surface area is 57.4 Å². The van der Waals surface area contributed by atoms with Crippen LogP contribution in [0.2, 0.25) is 0 Å². The van der Waals surface area contributed by atoms with Crippen molar-refractivity contribution in [3.05, 3.63) is 12.2 Å². The number of ether oxygens (including phenoxy) is 2. The standard InChI is InChI=1S/C6H8F2O2/c7-3-5(8)6-4-9-1-2-10-6/h3,6H,1-2,4H2/b5-3+. The molecule has 0 aromatic rings. The molecule has 0 spiro atoms. The van der Waals surface area contributed by atoms with Crippen LogP contribution in [0.3, 0.4) is 0 Å². The second-order valence-corrected chi connectivity index (χ2v) is 1.93. The van der Waals surface area contributed by atoms with Crippen LogP contribution in [0.4, 0.5) is 8.78 Å². The molecule has 2 nitrogen and oxygen atoms in total. The Balaban J connectivity index is 2.39. The lowest BCUT2D eigenvalue weighted by Crippen LogP contribution is -2.28. The lowest BCUT2D eigenvalue weighted by atomic mass is 10.3. The van der Waals surface area contributed by atoms with Gasteiger partial charge in [0.2, 0.25) is 0 Å². The Morgan fingerprint density at radius 1 is 1.50 bits per heavy atom. The summed E-state index contributed by atoms with van der Waals surface area (Å²) in [6, 6.07) is 0. The monoisotopic (exact) mass is 150 g/mol. The second-order valence-electron chi connectivity index (χ2n) is 1.93. The zero-order valence-electron chi connectivity index (χ0n) is 5.35. The molecule has 1 atom stereocenters. The van der Waals surface area contributed by atoms with Crippen LogP contribution in [0.25, 0.3) is 0 Å². The maximum atomic E-state index is 12.3. The van der Waals surface area contributed by atoms with Crippen molar-refractivity contribution in [1.29, 1.82) is 0 Å². The van der Waals surface area contributed by atoms with E-state index in [4.69, 9.17) is 9.47 Å². The zero-order chi connectivity index (χ0) is 7.40. The highest BCUT2D eigenvalue weighted by Gasteiger charge is 2.18. The van der Waals surface area contributed by atoms with E-state index >= 15 is 0 Å². The quantitative estimate of drug-likeness (QED) is 0.558. The van der Waals surface area contributed by atoms with Crippen molar-refractivity contribution in [2.75, 3.05) is 19.8 Å².